The summed E-state index contributed by atoms with van der Waals surface area (Å²) >= 11 is 2.30. The third-order valence-corrected chi connectivity index (χ3v) is 4.92. The zero-order chi connectivity index (χ0) is 13.1. The summed E-state index contributed by atoms with van der Waals surface area (Å²) in [7, 11) is 0. The quantitative estimate of drug-likeness (QED) is 0.664. The van der Waals surface area contributed by atoms with Crippen LogP contribution in [0.15, 0.2) is 30.3 Å². The lowest BCUT2D eigenvalue weighted by Gasteiger charge is -2.30. The van der Waals surface area contributed by atoms with Gasteiger partial charge in [0, 0.05) is 10.5 Å². The molecular formula is C14H18INO2. The number of likely N-dealkylation sites (tertiary alicyclic amines) is 1. The van der Waals surface area contributed by atoms with Crippen molar-refractivity contribution in [3.63, 3.8) is 0 Å². The second-order valence-corrected chi connectivity index (χ2v) is 5.69. The summed E-state index contributed by atoms with van der Waals surface area (Å²) in [6.45, 7) is 2.97. The number of rotatable bonds is 4. The Morgan fingerprint density at radius 1 is 1.50 bits per heavy atom. The van der Waals surface area contributed by atoms with Gasteiger partial charge in [-0.1, -0.05) is 52.9 Å². The van der Waals surface area contributed by atoms with Gasteiger partial charge in [0.2, 0.25) is 0 Å². The monoisotopic (exact) mass is 359 g/mol. The van der Waals surface area contributed by atoms with Crippen molar-refractivity contribution in [2.75, 3.05) is 11.0 Å². The Balaban J connectivity index is 2.20. The van der Waals surface area contributed by atoms with E-state index in [4.69, 9.17) is 0 Å². The Bertz CT molecular complexity index is 410. The molecule has 1 saturated heterocycles. The van der Waals surface area contributed by atoms with E-state index in [0.717, 1.165) is 17.4 Å². The first-order valence-corrected chi connectivity index (χ1v) is 7.77. The highest BCUT2D eigenvalue weighted by molar-refractivity contribution is 14.1. The maximum Gasteiger partial charge on any atom is 0.321 e. The van der Waals surface area contributed by atoms with E-state index in [0.29, 0.717) is 0 Å². The molecule has 1 aromatic rings. The van der Waals surface area contributed by atoms with Gasteiger partial charge in [0.15, 0.2) is 0 Å². The number of aliphatic carboxylic acids is 1. The summed E-state index contributed by atoms with van der Waals surface area (Å²) in [6.07, 6.45) is 0.983. The summed E-state index contributed by atoms with van der Waals surface area (Å²) in [6, 6.07) is 9.98. The number of carboxylic acids is 1. The van der Waals surface area contributed by atoms with E-state index in [9.17, 15) is 9.90 Å². The molecule has 1 aromatic carbocycles. The average molecular weight is 359 g/mol. The second-order valence-electron chi connectivity index (χ2n) is 4.81. The molecule has 2 rings (SSSR count). The van der Waals surface area contributed by atoms with E-state index in [2.05, 4.69) is 46.5 Å². The molecule has 0 radical (unpaired) electrons. The number of halogens is 1. The molecule has 3 nitrogen and oxygen atoms in total. The molecule has 1 fully saturated rings. The van der Waals surface area contributed by atoms with E-state index in [1.165, 1.54) is 5.56 Å². The van der Waals surface area contributed by atoms with Gasteiger partial charge in [0.1, 0.15) is 6.04 Å². The lowest BCUT2D eigenvalue weighted by atomic mass is 10.0. The molecule has 1 N–H and O–H groups in total. The molecule has 0 amide bonds. The van der Waals surface area contributed by atoms with Crippen LogP contribution in [0.2, 0.25) is 0 Å². The van der Waals surface area contributed by atoms with Gasteiger partial charge in [-0.15, -0.1) is 0 Å². The van der Waals surface area contributed by atoms with Gasteiger partial charge in [-0.25, -0.2) is 0 Å². The minimum Gasteiger partial charge on any atom is -0.480 e. The van der Waals surface area contributed by atoms with Crippen LogP contribution in [0.3, 0.4) is 0 Å². The number of alkyl halides is 1. The number of benzene rings is 1. The zero-order valence-corrected chi connectivity index (χ0v) is 12.6. The van der Waals surface area contributed by atoms with Gasteiger partial charge in [-0.3, -0.25) is 9.69 Å². The molecule has 0 aliphatic carbocycles. The van der Waals surface area contributed by atoms with Crippen LogP contribution in [0, 0.1) is 5.92 Å². The van der Waals surface area contributed by atoms with Gasteiger partial charge in [0.05, 0.1) is 0 Å². The van der Waals surface area contributed by atoms with Gasteiger partial charge >= 0.3 is 5.97 Å². The fourth-order valence-corrected chi connectivity index (χ4v) is 3.67. The van der Waals surface area contributed by atoms with E-state index < -0.39 is 5.97 Å². The first kappa shape index (κ1) is 13.8. The number of hydrogen-bond donors (Lipinski definition) is 1. The molecule has 98 valence electrons. The number of hydrogen-bond acceptors (Lipinski definition) is 2. The van der Waals surface area contributed by atoms with Crippen molar-refractivity contribution in [1.29, 1.82) is 0 Å². The predicted octanol–water partition coefficient (Wildman–Crippen LogP) is 2.96. The minimum atomic E-state index is -0.683. The van der Waals surface area contributed by atoms with Gasteiger partial charge in [-0.2, -0.15) is 0 Å². The predicted molar refractivity (Wildman–Crippen MR) is 80.0 cm³/mol. The molecule has 0 bridgehead atoms. The highest BCUT2D eigenvalue weighted by atomic mass is 127. The van der Waals surface area contributed by atoms with Crippen LogP contribution in [0.25, 0.3) is 0 Å². The summed E-state index contributed by atoms with van der Waals surface area (Å²) in [5.41, 5.74) is 1.19. The van der Waals surface area contributed by atoms with E-state index in [-0.39, 0.29) is 18.0 Å². The molecule has 0 unspecified atom stereocenters. The van der Waals surface area contributed by atoms with Gasteiger partial charge in [0.25, 0.3) is 0 Å². The van der Waals surface area contributed by atoms with Crippen LogP contribution in [0.4, 0.5) is 0 Å². The number of carboxylic acid groups (broad SMARTS) is 1. The van der Waals surface area contributed by atoms with Crippen LogP contribution < -0.4 is 0 Å². The smallest absolute Gasteiger partial charge is 0.321 e. The summed E-state index contributed by atoms with van der Waals surface area (Å²) in [5.74, 6) is -0.411. The fraction of sp³-hybridized carbons (Fsp3) is 0.500. The molecule has 1 aliphatic rings. The summed E-state index contributed by atoms with van der Waals surface area (Å²) < 4.78 is 0.909. The average Bonchev–Trinajstić information content (AvgIpc) is 2.82. The van der Waals surface area contributed by atoms with Gasteiger partial charge < -0.3 is 5.11 Å². The Labute approximate surface area is 121 Å². The Kier molecular flexibility index (Phi) is 4.61. The molecule has 1 aliphatic heterocycles. The Morgan fingerprint density at radius 2 is 2.17 bits per heavy atom. The largest absolute Gasteiger partial charge is 0.480 e. The zero-order valence-electron chi connectivity index (χ0n) is 10.4. The van der Waals surface area contributed by atoms with E-state index in [1.54, 1.807) is 0 Å². The lowest BCUT2D eigenvalue weighted by molar-refractivity contribution is -0.144. The van der Waals surface area contributed by atoms with Crippen LogP contribution >= 0.6 is 22.6 Å². The fourth-order valence-electron chi connectivity index (χ4n) is 2.75. The van der Waals surface area contributed by atoms with Crippen molar-refractivity contribution in [1.82, 2.24) is 4.90 Å². The SMILES string of the molecule is C[C@H](c1ccccc1)N1CC[C@H](CI)[C@@H]1C(=O)O. The Morgan fingerprint density at radius 3 is 2.72 bits per heavy atom. The Hall–Kier alpha value is -0.620. The molecule has 18 heavy (non-hydrogen) atoms. The first-order valence-electron chi connectivity index (χ1n) is 6.24. The first-order chi connectivity index (χ1) is 8.65. The van der Waals surface area contributed by atoms with Crippen LogP contribution in [0.5, 0.6) is 0 Å². The normalized spacial score (nSPS) is 26.1. The van der Waals surface area contributed by atoms with Crippen molar-refractivity contribution in [2.24, 2.45) is 5.92 Å². The molecule has 3 atom stereocenters. The highest BCUT2D eigenvalue weighted by Gasteiger charge is 2.40. The molecular weight excluding hydrogens is 341 g/mol. The van der Waals surface area contributed by atoms with Crippen molar-refractivity contribution in [3.8, 4) is 0 Å². The van der Waals surface area contributed by atoms with E-state index in [1.807, 2.05) is 18.2 Å². The highest BCUT2D eigenvalue weighted by Crippen LogP contribution is 2.33. The maximum absolute atomic E-state index is 11.5. The van der Waals surface area contributed by atoms with Crippen LogP contribution in [-0.2, 0) is 4.79 Å². The summed E-state index contributed by atoms with van der Waals surface area (Å²) in [5, 5.41) is 9.44. The minimum absolute atomic E-state index is 0.167. The third-order valence-electron chi connectivity index (χ3n) is 3.79. The topological polar surface area (TPSA) is 40.5 Å². The summed E-state index contributed by atoms with van der Waals surface area (Å²) in [4.78, 5) is 13.6. The molecule has 0 aromatic heterocycles. The standard InChI is InChI=1S/C14H18INO2/c1-10(11-5-3-2-4-6-11)16-8-7-12(9-15)13(16)14(17)18/h2-6,10,12-13H,7-9H2,1H3,(H,17,18)/t10-,12-,13-/m1/s1. The third kappa shape index (κ3) is 2.69. The van der Waals surface area contributed by atoms with Crippen LogP contribution in [0.1, 0.15) is 24.9 Å². The maximum atomic E-state index is 11.5. The second kappa shape index (κ2) is 6.02. The lowest BCUT2D eigenvalue weighted by Crippen LogP contribution is -2.41. The number of nitrogens with zero attached hydrogens (tertiary/aromatic N) is 1. The van der Waals surface area contributed by atoms with Crippen molar-refractivity contribution in [3.05, 3.63) is 35.9 Å². The van der Waals surface area contributed by atoms with Crippen molar-refractivity contribution < 1.29 is 9.90 Å². The van der Waals surface area contributed by atoms with Gasteiger partial charge in [-0.05, 0) is 31.4 Å². The van der Waals surface area contributed by atoms with Crippen molar-refractivity contribution in [2.45, 2.75) is 25.4 Å². The molecule has 1 heterocycles. The van der Waals surface area contributed by atoms with Crippen molar-refractivity contribution >= 4 is 28.6 Å². The number of carbonyl (C=O) groups is 1. The van der Waals surface area contributed by atoms with Crippen LogP contribution in [-0.4, -0.2) is 33.0 Å². The van der Waals surface area contributed by atoms with E-state index >= 15 is 0 Å². The molecule has 0 spiro atoms. The molecule has 4 heteroatoms. The molecule has 0 saturated carbocycles.